The van der Waals surface area contributed by atoms with Gasteiger partial charge in [-0.25, -0.2) is 21.8 Å². The van der Waals surface area contributed by atoms with Gasteiger partial charge in [0, 0.05) is 12.6 Å². The van der Waals surface area contributed by atoms with Gasteiger partial charge in [-0.3, -0.25) is 0 Å². The number of hydrogen-bond acceptors (Lipinski definition) is 7. The average Bonchev–Trinajstić information content (AvgIpc) is 2.92. The van der Waals surface area contributed by atoms with E-state index in [0.29, 0.717) is 0 Å². The third kappa shape index (κ3) is 3.31. The number of aliphatic hydroxyl groups excluding tert-OH is 1. The van der Waals surface area contributed by atoms with Crippen molar-refractivity contribution in [3.05, 3.63) is 10.7 Å². The van der Waals surface area contributed by atoms with Crippen molar-refractivity contribution in [1.29, 1.82) is 0 Å². The number of sulfone groups is 1. The Kier molecular flexibility index (Phi) is 4.72. The molecule has 0 radical (unpaired) electrons. The van der Waals surface area contributed by atoms with Crippen LogP contribution in [-0.4, -0.2) is 61.9 Å². The number of aromatic nitrogens is 1. The third-order valence-corrected chi connectivity index (χ3v) is 8.21. The van der Waals surface area contributed by atoms with E-state index in [-0.39, 0.29) is 39.8 Å². The molecule has 0 aromatic carbocycles. The van der Waals surface area contributed by atoms with Gasteiger partial charge >= 0.3 is 0 Å². The van der Waals surface area contributed by atoms with E-state index < -0.39 is 25.9 Å². The zero-order valence-corrected chi connectivity index (χ0v) is 13.5. The molecule has 1 fully saturated rings. The van der Waals surface area contributed by atoms with E-state index in [1.54, 1.807) is 0 Å². The van der Waals surface area contributed by atoms with Crippen LogP contribution >= 0.6 is 22.9 Å². The van der Waals surface area contributed by atoms with Gasteiger partial charge in [-0.15, -0.1) is 0 Å². The molecular weight excluding hydrogens is 348 g/mol. The fourth-order valence-electron chi connectivity index (χ4n) is 2.07. The van der Waals surface area contributed by atoms with Crippen LogP contribution in [0, 0.1) is 0 Å². The number of nitrogens with zero attached hydrogens (tertiary/aromatic N) is 2. The maximum atomic E-state index is 12.5. The van der Waals surface area contributed by atoms with Crippen molar-refractivity contribution in [3.63, 3.8) is 0 Å². The minimum Gasteiger partial charge on any atom is -0.395 e. The maximum Gasteiger partial charge on any atom is 0.254 e. The van der Waals surface area contributed by atoms with Crippen LogP contribution in [0.25, 0.3) is 0 Å². The lowest BCUT2D eigenvalue weighted by molar-refractivity contribution is 0.233. The van der Waals surface area contributed by atoms with Gasteiger partial charge in [-0.05, 0) is 6.42 Å². The van der Waals surface area contributed by atoms with Crippen LogP contribution in [0.5, 0.6) is 0 Å². The molecule has 114 valence electrons. The van der Waals surface area contributed by atoms with Crippen molar-refractivity contribution < 1.29 is 21.9 Å². The van der Waals surface area contributed by atoms with E-state index in [0.717, 1.165) is 21.8 Å². The minimum atomic E-state index is -3.90. The number of aliphatic hydroxyl groups is 1. The number of hydrogen-bond donors (Lipinski definition) is 1. The van der Waals surface area contributed by atoms with Crippen molar-refractivity contribution in [1.82, 2.24) is 9.29 Å². The number of thiazole rings is 1. The highest BCUT2D eigenvalue weighted by molar-refractivity contribution is 7.92. The van der Waals surface area contributed by atoms with Crippen molar-refractivity contribution in [2.75, 3.05) is 24.7 Å². The Labute approximate surface area is 126 Å². The summed E-state index contributed by atoms with van der Waals surface area (Å²) in [6.07, 6.45) is 1.37. The average molecular weight is 361 g/mol. The molecule has 1 aromatic rings. The Morgan fingerprint density at radius 3 is 2.70 bits per heavy atom. The second-order valence-corrected chi connectivity index (χ2v) is 10.3. The topological polar surface area (TPSA) is 105 Å². The van der Waals surface area contributed by atoms with Gasteiger partial charge in [0.25, 0.3) is 10.0 Å². The standard InChI is InChI=1S/C9H13ClN2O5S3/c10-9-11-5-8(18-9)20(16,17)12(2-3-13)7-1-4-19(14,15)6-7/h5,7,13H,1-4,6H2. The fourth-order valence-corrected chi connectivity index (χ4v) is 6.97. The highest BCUT2D eigenvalue weighted by Crippen LogP contribution is 2.29. The number of rotatable bonds is 5. The SMILES string of the molecule is O=S1(=O)CCC(N(CCO)S(=O)(=O)c2cnc(Cl)s2)C1. The largest absolute Gasteiger partial charge is 0.395 e. The Morgan fingerprint density at radius 2 is 2.25 bits per heavy atom. The maximum absolute atomic E-state index is 12.5. The first kappa shape index (κ1) is 16.1. The lowest BCUT2D eigenvalue weighted by Crippen LogP contribution is -2.42. The molecule has 2 rings (SSSR count). The summed E-state index contributed by atoms with van der Waals surface area (Å²) < 4.78 is 49.0. The molecule has 1 aliphatic heterocycles. The Morgan fingerprint density at radius 1 is 1.55 bits per heavy atom. The normalized spacial score (nSPS) is 22.4. The van der Waals surface area contributed by atoms with Crippen molar-refractivity contribution in [2.24, 2.45) is 0 Å². The zero-order valence-electron chi connectivity index (χ0n) is 10.3. The summed E-state index contributed by atoms with van der Waals surface area (Å²) in [5.41, 5.74) is 0. The van der Waals surface area contributed by atoms with Crippen molar-refractivity contribution in [2.45, 2.75) is 16.7 Å². The highest BCUT2D eigenvalue weighted by atomic mass is 35.5. The summed E-state index contributed by atoms with van der Waals surface area (Å²) >= 11 is 6.43. The molecule has 1 atom stereocenters. The van der Waals surface area contributed by atoms with Crippen molar-refractivity contribution >= 4 is 42.8 Å². The van der Waals surface area contributed by atoms with Crippen molar-refractivity contribution in [3.8, 4) is 0 Å². The first-order valence-electron chi connectivity index (χ1n) is 5.71. The second-order valence-electron chi connectivity index (χ2n) is 4.33. The van der Waals surface area contributed by atoms with Gasteiger partial charge < -0.3 is 5.11 Å². The lowest BCUT2D eigenvalue weighted by Gasteiger charge is -2.25. The molecule has 0 aliphatic carbocycles. The molecule has 1 saturated heterocycles. The Balaban J connectivity index is 2.33. The lowest BCUT2D eigenvalue weighted by atomic mass is 10.3. The first-order chi connectivity index (χ1) is 9.26. The molecular formula is C9H13ClN2O5S3. The molecule has 0 bridgehead atoms. The van der Waals surface area contributed by atoms with E-state index in [9.17, 15) is 16.8 Å². The molecule has 0 saturated carbocycles. The molecule has 7 nitrogen and oxygen atoms in total. The van der Waals surface area contributed by atoms with Crippen LogP contribution in [0.2, 0.25) is 4.47 Å². The van der Waals surface area contributed by atoms with E-state index in [4.69, 9.17) is 16.7 Å². The molecule has 1 aliphatic rings. The number of sulfonamides is 1. The monoisotopic (exact) mass is 360 g/mol. The molecule has 0 spiro atoms. The van der Waals surface area contributed by atoms with Crippen LogP contribution in [-0.2, 0) is 19.9 Å². The van der Waals surface area contributed by atoms with Crippen LogP contribution in [0.15, 0.2) is 10.4 Å². The Bertz CT molecular complexity index is 684. The van der Waals surface area contributed by atoms with E-state index in [1.807, 2.05) is 0 Å². The van der Waals surface area contributed by atoms with Gasteiger partial charge in [0.1, 0.15) is 0 Å². The van der Waals surface area contributed by atoms with Gasteiger partial charge in [0.15, 0.2) is 18.5 Å². The summed E-state index contributed by atoms with van der Waals surface area (Å²) in [5, 5.41) is 9.05. The summed E-state index contributed by atoms with van der Waals surface area (Å²) in [6, 6.07) is -0.655. The van der Waals surface area contributed by atoms with Crippen LogP contribution < -0.4 is 0 Å². The predicted molar refractivity (Wildman–Crippen MR) is 75.2 cm³/mol. The summed E-state index contributed by atoms with van der Waals surface area (Å²) in [6.45, 7) is -0.541. The van der Waals surface area contributed by atoms with Crippen LogP contribution in [0.1, 0.15) is 6.42 Å². The summed E-state index contributed by atoms with van der Waals surface area (Å²) in [4.78, 5) is 3.68. The molecule has 20 heavy (non-hydrogen) atoms. The number of halogens is 1. The molecule has 1 unspecified atom stereocenters. The van der Waals surface area contributed by atoms with E-state index >= 15 is 0 Å². The molecule has 0 amide bonds. The highest BCUT2D eigenvalue weighted by Gasteiger charge is 2.39. The Hall–Kier alpha value is -0.260. The van der Waals surface area contributed by atoms with Crippen LogP contribution in [0.3, 0.4) is 0 Å². The van der Waals surface area contributed by atoms with Gasteiger partial charge in [0.2, 0.25) is 0 Å². The first-order valence-corrected chi connectivity index (χ1v) is 10.2. The summed E-state index contributed by atoms with van der Waals surface area (Å²) in [5.74, 6) is -0.267. The molecule has 1 aromatic heterocycles. The fraction of sp³-hybridized carbons (Fsp3) is 0.667. The summed E-state index contributed by atoms with van der Waals surface area (Å²) in [7, 11) is -7.12. The van der Waals surface area contributed by atoms with E-state index in [1.165, 1.54) is 0 Å². The smallest absolute Gasteiger partial charge is 0.254 e. The third-order valence-electron chi connectivity index (χ3n) is 2.96. The predicted octanol–water partition coefficient (Wildman–Crippen LogP) is -0.0334. The van der Waals surface area contributed by atoms with Gasteiger partial charge in [-0.2, -0.15) is 4.31 Å². The molecule has 1 N–H and O–H groups in total. The second kappa shape index (κ2) is 5.85. The van der Waals surface area contributed by atoms with E-state index in [2.05, 4.69) is 4.98 Å². The molecule has 2 heterocycles. The van der Waals surface area contributed by atoms with Crippen LogP contribution in [0.4, 0.5) is 0 Å². The molecule has 11 heteroatoms. The van der Waals surface area contributed by atoms with Gasteiger partial charge in [0.05, 0.1) is 24.3 Å². The quantitative estimate of drug-likeness (QED) is 0.790. The zero-order chi connectivity index (χ0) is 15.0. The van der Waals surface area contributed by atoms with Gasteiger partial charge in [-0.1, -0.05) is 22.9 Å². The minimum absolute atomic E-state index is 0.0431.